The third-order valence-corrected chi connectivity index (χ3v) is 5.18. The molecule has 0 aliphatic carbocycles. The number of likely N-dealkylation sites (tertiary alicyclic amines) is 1. The van der Waals surface area contributed by atoms with E-state index in [4.69, 9.17) is 11.6 Å². The molecule has 0 unspecified atom stereocenters. The molecule has 0 bridgehead atoms. The molecule has 1 heterocycles. The highest BCUT2D eigenvalue weighted by Gasteiger charge is 2.33. The SMILES string of the molecule is Cc1cc(C(=O)N2CCCC[C@H]2Cc2ccc(Cl)cc2)cc(C(F)(F)F)c1. The van der Waals surface area contributed by atoms with Crippen LogP contribution in [0.25, 0.3) is 0 Å². The fourth-order valence-electron chi connectivity index (χ4n) is 3.61. The topological polar surface area (TPSA) is 20.3 Å². The van der Waals surface area contributed by atoms with Crippen molar-refractivity contribution in [2.24, 2.45) is 0 Å². The predicted octanol–water partition coefficient (Wildman–Crippen LogP) is 5.90. The van der Waals surface area contributed by atoms with Crippen LogP contribution in [0.1, 0.15) is 46.3 Å². The van der Waals surface area contributed by atoms with E-state index in [0.29, 0.717) is 23.6 Å². The Morgan fingerprint density at radius 2 is 1.85 bits per heavy atom. The summed E-state index contributed by atoms with van der Waals surface area (Å²) in [6, 6.07) is 11.0. The van der Waals surface area contributed by atoms with Gasteiger partial charge in [-0.05, 0) is 74.1 Å². The highest BCUT2D eigenvalue weighted by Crippen LogP contribution is 2.31. The quantitative estimate of drug-likeness (QED) is 0.633. The number of halogens is 4. The van der Waals surface area contributed by atoms with E-state index < -0.39 is 11.7 Å². The number of rotatable bonds is 3. The van der Waals surface area contributed by atoms with Crippen LogP contribution in [-0.4, -0.2) is 23.4 Å². The van der Waals surface area contributed by atoms with E-state index in [1.165, 1.54) is 6.07 Å². The lowest BCUT2D eigenvalue weighted by Gasteiger charge is -2.36. The average molecular weight is 396 g/mol. The number of piperidine rings is 1. The van der Waals surface area contributed by atoms with Crippen molar-refractivity contribution in [1.82, 2.24) is 4.90 Å². The summed E-state index contributed by atoms with van der Waals surface area (Å²) in [4.78, 5) is 14.8. The van der Waals surface area contributed by atoms with E-state index >= 15 is 0 Å². The Labute approximate surface area is 161 Å². The van der Waals surface area contributed by atoms with Gasteiger partial charge in [-0.25, -0.2) is 0 Å². The third-order valence-electron chi connectivity index (χ3n) is 4.92. The predicted molar refractivity (Wildman–Crippen MR) is 100 cm³/mol. The van der Waals surface area contributed by atoms with Gasteiger partial charge in [-0.3, -0.25) is 4.79 Å². The number of nitrogens with zero attached hydrogens (tertiary/aromatic N) is 1. The molecule has 2 aromatic rings. The minimum Gasteiger partial charge on any atom is -0.335 e. The lowest BCUT2D eigenvalue weighted by Crippen LogP contribution is -2.45. The molecule has 6 heteroatoms. The third kappa shape index (κ3) is 4.83. The van der Waals surface area contributed by atoms with Gasteiger partial charge in [0, 0.05) is 23.2 Å². The maximum atomic E-state index is 13.1. The summed E-state index contributed by atoms with van der Waals surface area (Å²) < 4.78 is 39.3. The molecule has 0 N–H and O–H groups in total. The molecule has 2 nitrogen and oxygen atoms in total. The fraction of sp³-hybridized carbons (Fsp3) is 0.381. The molecule has 144 valence electrons. The number of hydrogen-bond donors (Lipinski definition) is 0. The summed E-state index contributed by atoms with van der Waals surface area (Å²) in [5, 5.41) is 0.648. The molecule has 1 atom stereocenters. The highest BCUT2D eigenvalue weighted by molar-refractivity contribution is 6.30. The maximum Gasteiger partial charge on any atom is 0.416 e. The van der Waals surface area contributed by atoms with Crippen molar-refractivity contribution < 1.29 is 18.0 Å². The molecule has 3 rings (SSSR count). The Kier molecular flexibility index (Phi) is 5.80. The molecule has 0 aromatic heterocycles. The molecular formula is C21H21ClF3NO. The second kappa shape index (κ2) is 7.93. The number of carbonyl (C=O) groups excluding carboxylic acids is 1. The van der Waals surface area contributed by atoms with Gasteiger partial charge in [0.05, 0.1) is 5.56 Å². The summed E-state index contributed by atoms with van der Waals surface area (Å²) in [6.45, 7) is 2.14. The van der Waals surface area contributed by atoms with E-state index in [1.54, 1.807) is 11.8 Å². The van der Waals surface area contributed by atoms with Gasteiger partial charge in [-0.2, -0.15) is 13.2 Å². The van der Waals surface area contributed by atoms with Crippen molar-refractivity contribution in [3.05, 3.63) is 69.7 Å². The Morgan fingerprint density at radius 1 is 1.15 bits per heavy atom. The molecular weight excluding hydrogens is 375 g/mol. The van der Waals surface area contributed by atoms with Gasteiger partial charge in [-0.1, -0.05) is 23.7 Å². The van der Waals surface area contributed by atoms with Crippen LogP contribution in [0.5, 0.6) is 0 Å². The van der Waals surface area contributed by atoms with Gasteiger partial charge in [0.15, 0.2) is 0 Å². The molecule has 1 aliphatic rings. The zero-order valence-electron chi connectivity index (χ0n) is 15.0. The summed E-state index contributed by atoms with van der Waals surface area (Å²) in [6.07, 6.45) is -1.09. The van der Waals surface area contributed by atoms with Gasteiger partial charge >= 0.3 is 6.18 Å². The van der Waals surface area contributed by atoms with Gasteiger partial charge in [0.25, 0.3) is 5.91 Å². The second-order valence-electron chi connectivity index (χ2n) is 7.06. The van der Waals surface area contributed by atoms with E-state index in [-0.39, 0.29) is 17.5 Å². The van der Waals surface area contributed by atoms with Crippen molar-refractivity contribution in [2.75, 3.05) is 6.54 Å². The zero-order valence-corrected chi connectivity index (χ0v) is 15.8. The highest BCUT2D eigenvalue weighted by atomic mass is 35.5. The lowest BCUT2D eigenvalue weighted by molar-refractivity contribution is -0.137. The summed E-state index contributed by atoms with van der Waals surface area (Å²) in [5.41, 5.74) is 0.811. The number of amides is 1. The standard InChI is InChI=1S/C21H21ClF3NO/c1-14-10-16(13-17(11-14)21(23,24)25)20(27)26-9-3-2-4-19(26)12-15-5-7-18(22)8-6-15/h5-8,10-11,13,19H,2-4,9,12H2,1H3/t19-/m0/s1. The van der Waals surface area contributed by atoms with Gasteiger partial charge in [0.1, 0.15) is 0 Å². The summed E-state index contributed by atoms with van der Waals surface area (Å²) >= 11 is 5.92. The monoisotopic (exact) mass is 395 g/mol. The van der Waals surface area contributed by atoms with Crippen molar-refractivity contribution in [3.63, 3.8) is 0 Å². The van der Waals surface area contributed by atoms with E-state index in [1.807, 2.05) is 24.3 Å². The Balaban J connectivity index is 1.85. The smallest absolute Gasteiger partial charge is 0.335 e. The van der Waals surface area contributed by atoms with Gasteiger partial charge in [-0.15, -0.1) is 0 Å². The average Bonchev–Trinajstić information content (AvgIpc) is 2.62. The van der Waals surface area contributed by atoms with Gasteiger partial charge in [0.2, 0.25) is 0 Å². The normalized spacial score (nSPS) is 17.8. The van der Waals surface area contributed by atoms with Crippen LogP contribution in [0.3, 0.4) is 0 Å². The van der Waals surface area contributed by atoms with E-state index in [2.05, 4.69) is 0 Å². The molecule has 1 saturated heterocycles. The number of aryl methyl sites for hydroxylation is 1. The molecule has 1 amide bonds. The first-order chi connectivity index (χ1) is 12.7. The molecule has 0 saturated carbocycles. The first-order valence-electron chi connectivity index (χ1n) is 8.98. The lowest BCUT2D eigenvalue weighted by atomic mass is 9.94. The minimum atomic E-state index is -4.47. The van der Waals surface area contributed by atoms with Crippen LogP contribution in [-0.2, 0) is 12.6 Å². The van der Waals surface area contributed by atoms with E-state index in [0.717, 1.165) is 37.0 Å². The molecule has 1 fully saturated rings. The molecule has 0 radical (unpaired) electrons. The van der Waals surface area contributed by atoms with Crippen molar-refractivity contribution >= 4 is 17.5 Å². The number of alkyl halides is 3. The Morgan fingerprint density at radius 3 is 2.52 bits per heavy atom. The van der Waals surface area contributed by atoms with Gasteiger partial charge < -0.3 is 4.90 Å². The first-order valence-corrected chi connectivity index (χ1v) is 9.36. The molecule has 27 heavy (non-hydrogen) atoms. The van der Waals surface area contributed by atoms with Crippen LogP contribution >= 0.6 is 11.6 Å². The molecule has 2 aromatic carbocycles. The van der Waals surface area contributed by atoms with Crippen LogP contribution in [0.4, 0.5) is 13.2 Å². The van der Waals surface area contributed by atoms with Crippen LogP contribution in [0.2, 0.25) is 5.02 Å². The molecule has 0 spiro atoms. The molecule has 1 aliphatic heterocycles. The fourth-order valence-corrected chi connectivity index (χ4v) is 3.73. The Hall–Kier alpha value is -2.01. The van der Waals surface area contributed by atoms with Crippen molar-refractivity contribution in [1.29, 1.82) is 0 Å². The first kappa shape index (κ1) is 19.7. The number of hydrogen-bond acceptors (Lipinski definition) is 1. The second-order valence-corrected chi connectivity index (χ2v) is 7.50. The Bertz CT molecular complexity index is 817. The maximum absolute atomic E-state index is 13.1. The zero-order chi connectivity index (χ0) is 19.6. The van der Waals surface area contributed by atoms with Crippen molar-refractivity contribution in [3.8, 4) is 0 Å². The van der Waals surface area contributed by atoms with E-state index in [9.17, 15) is 18.0 Å². The summed E-state index contributed by atoms with van der Waals surface area (Å²) in [5.74, 6) is -0.331. The minimum absolute atomic E-state index is 0.0257. The largest absolute Gasteiger partial charge is 0.416 e. The van der Waals surface area contributed by atoms with Crippen molar-refractivity contribution in [2.45, 2.75) is 44.8 Å². The summed E-state index contributed by atoms with van der Waals surface area (Å²) in [7, 11) is 0. The van der Waals surface area contributed by atoms with Crippen LogP contribution in [0, 0.1) is 6.92 Å². The van der Waals surface area contributed by atoms with Crippen LogP contribution in [0.15, 0.2) is 42.5 Å². The number of benzene rings is 2. The van der Waals surface area contributed by atoms with Crippen LogP contribution < -0.4 is 0 Å². The number of carbonyl (C=O) groups is 1.